The quantitative estimate of drug-likeness (QED) is 0.868. The van der Waals surface area contributed by atoms with Crippen LogP contribution in [0.15, 0.2) is 24.3 Å². The topological polar surface area (TPSA) is 49.8 Å². The van der Waals surface area contributed by atoms with E-state index in [1.54, 1.807) is 0 Å². The van der Waals surface area contributed by atoms with Crippen molar-refractivity contribution in [3.63, 3.8) is 0 Å². The van der Waals surface area contributed by atoms with Crippen molar-refractivity contribution >= 4 is 11.7 Å². The fraction of sp³-hybridized carbons (Fsp3) is 0.562. The number of benzene rings is 1. The average Bonchev–Trinajstić information content (AvgIpc) is 2.45. The molecule has 1 fully saturated rings. The molecule has 2 rings (SSSR count). The summed E-state index contributed by atoms with van der Waals surface area (Å²) in [5.41, 5.74) is 2.32. The highest BCUT2D eigenvalue weighted by Crippen LogP contribution is 2.21. The summed E-state index contributed by atoms with van der Waals surface area (Å²) < 4.78 is 5.52. The van der Waals surface area contributed by atoms with Crippen LogP contribution in [0.5, 0.6) is 0 Å². The zero-order valence-electron chi connectivity index (χ0n) is 12.0. The predicted molar refractivity (Wildman–Crippen MR) is 79.2 cm³/mol. The maximum Gasteiger partial charge on any atom is 0.305 e. The van der Waals surface area contributed by atoms with Crippen LogP contribution in [0.2, 0.25) is 0 Å². The Kier molecular flexibility index (Phi) is 5.41. The lowest BCUT2D eigenvalue weighted by atomic mass is 10.0. The van der Waals surface area contributed by atoms with E-state index in [9.17, 15) is 4.79 Å². The molecule has 20 heavy (non-hydrogen) atoms. The first-order valence-corrected chi connectivity index (χ1v) is 7.26. The summed E-state index contributed by atoms with van der Waals surface area (Å²) >= 11 is 0. The van der Waals surface area contributed by atoms with Gasteiger partial charge in [-0.2, -0.15) is 0 Å². The molecule has 0 radical (unpaired) electrons. The lowest BCUT2D eigenvalue weighted by Crippen LogP contribution is -2.35. The Morgan fingerprint density at radius 1 is 1.40 bits per heavy atom. The van der Waals surface area contributed by atoms with Crippen LogP contribution < -0.4 is 4.90 Å². The first kappa shape index (κ1) is 14.9. The molecule has 1 aromatic rings. The van der Waals surface area contributed by atoms with Gasteiger partial charge in [-0.25, -0.2) is 0 Å². The van der Waals surface area contributed by atoms with E-state index >= 15 is 0 Å². The molecule has 0 aliphatic carbocycles. The van der Waals surface area contributed by atoms with Gasteiger partial charge >= 0.3 is 5.97 Å². The molecular formula is C16H23NO3. The van der Waals surface area contributed by atoms with Crippen molar-refractivity contribution in [2.75, 3.05) is 31.2 Å². The number of carbonyl (C=O) groups is 1. The van der Waals surface area contributed by atoms with E-state index < -0.39 is 5.97 Å². The van der Waals surface area contributed by atoms with Gasteiger partial charge in [-0.15, -0.1) is 0 Å². The number of rotatable bonds is 6. The predicted octanol–water partition coefficient (Wildman–Crippen LogP) is 2.70. The van der Waals surface area contributed by atoms with E-state index in [1.807, 2.05) is 0 Å². The van der Waals surface area contributed by atoms with Crippen LogP contribution in [0.25, 0.3) is 0 Å². The highest BCUT2D eigenvalue weighted by atomic mass is 16.5. The average molecular weight is 277 g/mol. The molecule has 1 heterocycles. The second-order valence-corrected chi connectivity index (χ2v) is 5.51. The number of hydrogen-bond donors (Lipinski definition) is 1. The summed E-state index contributed by atoms with van der Waals surface area (Å²) in [6.45, 7) is 5.12. The van der Waals surface area contributed by atoms with Crippen molar-refractivity contribution in [1.29, 1.82) is 0 Å². The van der Waals surface area contributed by atoms with Crippen LogP contribution in [0.1, 0.15) is 24.8 Å². The molecule has 4 heteroatoms. The third kappa shape index (κ3) is 4.53. The van der Waals surface area contributed by atoms with Crippen LogP contribution in [0.3, 0.4) is 0 Å². The van der Waals surface area contributed by atoms with Crippen molar-refractivity contribution in [2.24, 2.45) is 5.92 Å². The first-order valence-electron chi connectivity index (χ1n) is 7.26. The van der Waals surface area contributed by atoms with Gasteiger partial charge in [-0.3, -0.25) is 4.79 Å². The number of nitrogens with zero attached hydrogens (tertiary/aromatic N) is 1. The van der Waals surface area contributed by atoms with Crippen molar-refractivity contribution in [2.45, 2.75) is 26.2 Å². The molecule has 1 unspecified atom stereocenters. The smallest absolute Gasteiger partial charge is 0.305 e. The molecule has 1 atom stereocenters. The molecular weight excluding hydrogens is 254 g/mol. The van der Waals surface area contributed by atoms with Crippen molar-refractivity contribution in [1.82, 2.24) is 0 Å². The zero-order chi connectivity index (χ0) is 14.4. The van der Waals surface area contributed by atoms with Gasteiger partial charge in [0.25, 0.3) is 0 Å². The summed E-state index contributed by atoms with van der Waals surface area (Å²) in [4.78, 5) is 13.0. The van der Waals surface area contributed by atoms with Gasteiger partial charge in [0.05, 0.1) is 13.0 Å². The number of aliphatic carboxylic acids is 1. The third-order valence-electron chi connectivity index (χ3n) is 3.73. The Morgan fingerprint density at radius 3 is 2.75 bits per heavy atom. The van der Waals surface area contributed by atoms with Crippen LogP contribution >= 0.6 is 0 Å². The number of carboxylic acids is 1. The van der Waals surface area contributed by atoms with E-state index in [2.05, 4.69) is 36.1 Å². The Balaban J connectivity index is 2.02. The molecule has 0 amide bonds. The maximum absolute atomic E-state index is 10.8. The minimum atomic E-state index is -0.748. The molecule has 0 saturated carbocycles. The van der Waals surface area contributed by atoms with Crippen LogP contribution in [-0.4, -0.2) is 37.4 Å². The van der Waals surface area contributed by atoms with E-state index in [1.165, 1.54) is 5.56 Å². The van der Waals surface area contributed by atoms with E-state index in [-0.39, 0.29) is 6.42 Å². The third-order valence-corrected chi connectivity index (χ3v) is 3.73. The molecule has 1 aliphatic rings. The standard InChI is InChI=1S/C16H23NO3/c1-13-4-6-15(7-5-13)17(9-8-16(18)19)11-14-3-2-10-20-12-14/h4-7,14H,2-3,8-12H2,1H3,(H,18,19). The molecule has 1 aromatic carbocycles. The summed E-state index contributed by atoms with van der Waals surface area (Å²) in [5.74, 6) is -0.249. The summed E-state index contributed by atoms with van der Waals surface area (Å²) in [6.07, 6.45) is 2.43. The first-order chi connectivity index (χ1) is 9.65. The monoisotopic (exact) mass is 277 g/mol. The van der Waals surface area contributed by atoms with Gasteiger partial charge in [0.15, 0.2) is 0 Å². The Hall–Kier alpha value is -1.55. The number of hydrogen-bond acceptors (Lipinski definition) is 3. The second-order valence-electron chi connectivity index (χ2n) is 5.51. The Labute approximate surface area is 120 Å². The lowest BCUT2D eigenvalue weighted by molar-refractivity contribution is -0.136. The molecule has 1 saturated heterocycles. The number of anilines is 1. The van der Waals surface area contributed by atoms with Crippen LogP contribution in [0.4, 0.5) is 5.69 Å². The van der Waals surface area contributed by atoms with Crippen molar-refractivity contribution in [3.8, 4) is 0 Å². The molecule has 1 N–H and O–H groups in total. The molecule has 1 aliphatic heterocycles. The Bertz CT molecular complexity index is 424. The lowest BCUT2D eigenvalue weighted by Gasteiger charge is -2.31. The summed E-state index contributed by atoms with van der Waals surface area (Å²) in [6, 6.07) is 8.28. The van der Waals surface area contributed by atoms with Crippen LogP contribution in [-0.2, 0) is 9.53 Å². The minimum Gasteiger partial charge on any atom is -0.481 e. The second kappa shape index (κ2) is 7.29. The number of ether oxygens (including phenoxy) is 1. The molecule has 0 bridgehead atoms. The van der Waals surface area contributed by atoms with Gasteiger partial charge < -0.3 is 14.7 Å². The van der Waals surface area contributed by atoms with Crippen molar-refractivity contribution < 1.29 is 14.6 Å². The minimum absolute atomic E-state index is 0.168. The number of aryl methyl sites for hydroxylation is 1. The summed E-state index contributed by atoms with van der Waals surface area (Å²) in [5, 5.41) is 8.91. The SMILES string of the molecule is Cc1ccc(N(CCC(=O)O)CC2CCCOC2)cc1. The van der Waals surface area contributed by atoms with Gasteiger partial charge in [-0.05, 0) is 37.8 Å². The van der Waals surface area contributed by atoms with E-state index in [4.69, 9.17) is 9.84 Å². The highest BCUT2D eigenvalue weighted by molar-refractivity contribution is 5.67. The van der Waals surface area contributed by atoms with Gasteiger partial charge in [0.2, 0.25) is 0 Å². The highest BCUT2D eigenvalue weighted by Gasteiger charge is 2.18. The zero-order valence-corrected chi connectivity index (χ0v) is 12.0. The van der Waals surface area contributed by atoms with Gasteiger partial charge in [0.1, 0.15) is 0 Å². The van der Waals surface area contributed by atoms with Crippen LogP contribution in [0, 0.1) is 12.8 Å². The van der Waals surface area contributed by atoms with Crippen molar-refractivity contribution in [3.05, 3.63) is 29.8 Å². The molecule has 0 aromatic heterocycles. The molecule has 0 spiro atoms. The Morgan fingerprint density at radius 2 is 2.15 bits per heavy atom. The van der Waals surface area contributed by atoms with E-state index in [0.29, 0.717) is 12.5 Å². The summed E-state index contributed by atoms with van der Waals surface area (Å²) in [7, 11) is 0. The maximum atomic E-state index is 10.8. The molecule has 4 nitrogen and oxygen atoms in total. The van der Waals surface area contributed by atoms with Gasteiger partial charge in [0, 0.05) is 25.4 Å². The van der Waals surface area contributed by atoms with Gasteiger partial charge in [-0.1, -0.05) is 17.7 Å². The normalized spacial score (nSPS) is 18.8. The fourth-order valence-corrected chi connectivity index (χ4v) is 2.58. The number of carboxylic acid groups (broad SMARTS) is 1. The fourth-order valence-electron chi connectivity index (χ4n) is 2.58. The largest absolute Gasteiger partial charge is 0.481 e. The molecule has 110 valence electrons. The van der Waals surface area contributed by atoms with E-state index in [0.717, 1.165) is 38.3 Å².